The van der Waals surface area contributed by atoms with E-state index in [1.165, 1.54) is 12.0 Å². The standard InChI is InChI=1S/C13H18ClNO/c14-12-4-2-11(3-5-12)10-16-13(8-9-15)6-1-7-13/h2-5H,1,6-10,15H2. The number of hydrogen-bond acceptors (Lipinski definition) is 2. The summed E-state index contributed by atoms with van der Waals surface area (Å²) in [7, 11) is 0. The van der Waals surface area contributed by atoms with Crippen molar-refractivity contribution in [1.82, 2.24) is 0 Å². The number of benzene rings is 1. The molecule has 0 radical (unpaired) electrons. The topological polar surface area (TPSA) is 35.2 Å². The third-order valence-electron chi connectivity index (χ3n) is 3.32. The quantitative estimate of drug-likeness (QED) is 0.857. The molecule has 0 atom stereocenters. The van der Waals surface area contributed by atoms with Gasteiger partial charge in [-0.05, 0) is 49.9 Å². The Bertz CT molecular complexity index is 332. The van der Waals surface area contributed by atoms with Crippen LogP contribution >= 0.6 is 11.6 Å². The molecule has 1 aliphatic carbocycles. The normalized spacial score (nSPS) is 18.1. The lowest BCUT2D eigenvalue weighted by Gasteiger charge is -2.41. The van der Waals surface area contributed by atoms with Crippen LogP contribution in [0, 0.1) is 0 Å². The number of hydrogen-bond donors (Lipinski definition) is 1. The Morgan fingerprint density at radius 3 is 2.44 bits per heavy atom. The molecule has 0 bridgehead atoms. The van der Waals surface area contributed by atoms with Crippen molar-refractivity contribution in [1.29, 1.82) is 0 Å². The van der Waals surface area contributed by atoms with Crippen LogP contribution in [0.25, 0.3) is 0 Å². The van der Waals surface area contributed by atoms with Crippen LogP contribution in [0.2, 0.25) is 5.02 Å². The number of rotatable bonds is 5. The van der Waals surface area contributed by atoms with Crippen molar-refractivity contribution in [3.05, 3.63) is 34.9 Å². The van der Waals surface area contributed by atoms with E-state index in [0.29, 0.717) is 13.2 Å². The molecule has 2 nitrogen and oxygen atoms in total. The van der Waals surface area contributed by atoms with Crippen molar-refractivity contribution >= 4 is 11.6 Å². The van der Waals surface area contributed by atoms with Crippen LogP contribution in [0.15, 0.2) is 24.3 Å². The van der Waals surface area contributed by atoms with Gasteiger partial charge >= 0.3 is 0 Å². The Labute approximate surface area is 102 Å². The van der Waals surface area contributed by atoms with Crippen LogP contribution in [0.3, 0.4) is 0 Å². The molecule has 2 N–H and O–H groups in total. The molecule has 3 heteroatoms. The fourth-order valence-corrected chi connectivity index (χ4v) is 2.24. The van der Waals surface area contributed by atoms with Crippen molar-refractivity contribution < 1.29 is 4.74 Å². The molecule has 1 aromatic carbocycles. The summed E-state index contributed by atoms with van der Waals surface area (Å²) in [6.07, 6.45) is 4.54. The second-order valence-corrected chi connectivity index (χ2v) is 4.93. The maximum Gasteiger partial charge on any atom is 0.0724 e. The van der Waals surface area contributed by atoms with Crippen molar-refractivity contribution in [3.63, 3.8) is 0 Å². The van der Waals surface area contributed by atoms with Gasteiger partial charge < -0.3 is 10.5 Å². The number of halogens is 1. The lowest BCUT2D eigenvalue weighted by Crippen LogP contribution is -2.41. The van der Waals surface area contributed by atoms with Gasteiger partial charge in [0.1, 0.15) is 0 Å². The van der Waals surface area contributed by atoms with E-state index in [4.69, 9.17) is 22.1 Å². The molecular formula is C13H18ClNO. The summed E-state index contributed by atoms with van der Waals surface area (Å²) in [5.74, 6) is 0. The van der Waals surface area contributed by atoms with Gasteiger partial charge in [-0.2, -0.15) is 0 Å². The SMILES string of the molecule is NCCC1(OCc2ccc(Cl)cc2)CCC1. The number of nitrogens with two attached hydrogens (primary N) is 1. The lowest BCUT2D eigenvalue weighted by molar-refractivity contribution is -0.112. The largest absolute Gasteiger partial charge is 0.370 e. The Balaban J connectivity index is 1.88. The van der Waals surface area contributed by atoms with E-state index in [2.05, 4.69) is 0 Å². The monoisotopic (exact) mass is 239 g/mol. The zero-order valence-corrected chi connectivity index (χ0v) is 10.2. The van der Waals surface area contributed by atoms with Gasteiger partial charge in [0.05, 0.1) is 12.2 Å². The van der Waals surface area contributed by atoms with E-state index in [1.807, 2.05) is 24.3 Å². The minimum absolute atomic E-state index is 0.0639. The van der Waals surface area contributed by atoms with Crippen LogP contribution in [0.5, 0.6) is 0 Å². The molecule has 0 saturated heterocycles. The molecule has 0 spiro atoms. The molecule has 1 saturated carbocycles. The Kier molecular flexibility index (Phi) is 3.85. The first-order chi connectivity index (χ1) is 7.74. The molecule has 16 heavy (non-hydrogen) atoms. The smallest absolute Gasteiger partial charge is 0.0724 e. The first-order valence-electron chi connectivity index (χ1n) is 5.83. The molecule has 0 aliphatic heterocycles. The predicted molar refractivity (Wildman–Crippen MR) is 66.5 cm³/mol. The third-order valence-corrected chi connectivity index (χ3v) is 3.57. The van der Waals surface area contributed by atoms with Gasteiger partial charge in [-0.25, -0.2) is 0 Å². The molecule has 88 valence electrons. The van der Waals surface area contributed by atoms with E-state index in [0.717, 1.165) is 24.3 Å². The van der Waals surface area contributed by atoms with Gasteiger partial charge in [-0.15, -0.1) is 0 Å². The minimum atomic E-state index is 0.0639. The average Bonchev–Trinajstić information content (AvgIpc) is 2.24. The summed E-state index contributed by atoms with van der Waals surface area (Å²) in [6, 6.07) is 7.82. The molecule has 1 aromatic rings. The van der Waals surface area contributed by atoms with Crippen LogP contribution in [-0.2, 0) is 11.3 Å². The Morgan fingerprint density at radius 2 is 1.94 bits per heavy atom. The maximum atomic E-state index is 6.01. The minimum Gasteiger partial charge on any atom is -0.370 e. The van der Waals surface area contributed by atoms with E-state index in [1.54, 1.807) is 0 Å². The van der Waals surface area contributed by atoms with Crippen molar-refractivity contribution in [3.8, 4) is 0 Å². The van der Waals surface area contributed by atoms with E-state index < -0.39 is 0 Å². The highest BCUT2D eigenvalue weighted by Crippen LogP contribution is 2.38. The number of ether oxygens (including phenoxy) is 1. The van der Waals surface area contributed by atoms with Crippen LogP contribution in [0.4, 0.5) is 0 Å². The molecule has 1 fully saturated rings. The third kappa shape index (κ3) is 2.76. The van der Waals surface area contributed by atoms with Crippen LogP contribution < -0.4 is 5.73 Å². The summed E-state index contributed by atoms with van der Waals surface area (Å²) in [4.78, 5) is 0. The lowest BCUT2D eigenvalue weighted by atomic mass is 9.77. The van der Waals surface area contributed by atoms with Gasteiger partial charge in [0, 0.05) is 5.02 Å². The summed E-state index contributed by atoms with van der Waals surface area (Å²) < 4.78 is 6.01. The van der Waals surface area contributed by atoms with Gasteiger partial charge in [0.2, 0.25) is 0 Å². The summed E-state index contributed by atoms with van der Waals surface area (Å²) >= 11 is 5.83. The zero-order chi connectivity index (χ0) is 11.4. The highest BCUT2D eigenvalue weighted by molar-refractivity contribution is 6.30. The predicted octanol–water partition coefficient (Wildman–Crippen LogP) is 3.13. The molecule has 0 unspecified atom stereocenters. The fraction of sp³-hybridized carbons (Fsp3) is 0.538. The average molecular weight is 240 g/mol. The first kappa shape index (κ1) is 11.9. The second kappa shape index (κ2) is 5.17. The molecule has 0 amide bonds. The highest BCUT2D eigenvalue weighted by atomic mass is 35.5. The molecule has 1 aliphatic rings. The van der Waals surface area contributed by atoms with Crippen LogP contribution in [0.1, 0.15) is 31.2 Å². The van der Waals surface area contributed by atoms with Crippen LogP contribution in [-0.4, -0.2) is 12.1 Å². The van der Waals surface area contributed by atoms with Gasteiger partial charge in [0.15, 0.2) is 0 Å². The molecular weight excluding hydrogens is 222 g/mol. The van der Waals surface area contributed by atoms with Gasteiger partial charge in [-0.1, -0.05) is 23.7 Å². The summed E-state index contributed by atoms with van der Waals surface area (Å²) in [5, 5.41) is 0.768. The Hall–Kier alpha value is -0.570. The van der Waals surface area contributed by atoms with E-state index in [9.17, 15) is 0 Å². The van der Waals surface area contributed by atoms with Crippen molar-refractivity contribution in [2.45, 2.75) is 37.9 Å². The molecule has 0 heterocycles. The van der Waals surface area contributed by atoms with Gasteiger partial charge in [0.25, 0.3) is 0 Å². The van der Waals surface area contributed by atoms with E-state index in [-0.39, 0.29) is 5.60 Å². The van der Waals surface area contributed by atoms with Crippen molar-refractivity contribution in [2.75, 3.05) is 6.54 Å². The first-order valence-corrected chi connectivity index (χ1v) is 6.20. The highest BCUT2D eigenvalue weighted by Gasteiger charge is 2.36. The fourth-order valence-electron chi connectivity index (χ4n) is 2.12. The second-order valence-electron chi connectivity index (χ2n) is 4.49. The van der Waals surface area contributed by atoms with E-state index >= 15 is 0 Å². The van der Waals surface area contributed by atoms with Crippen molar-refractivity contribution in [2.24, 2.45) is 5.73 Å². The molecule has 0 aromatic heterocycles. The molecule has 2 rings (SSSR count). The summed E-state index contributed by atoms with van der Waals surface area (Å²) in [5.41, 5.74) is 6.85. The van der Waals surface area contributed by atoms with Gasteiger partial charge in [-0.3, -0.25) is 0 Å². The zero-order valence-electron chi connectivity index (χ0n) is 9.42. The summed E-state index contributed by atoms with van der Waals surface area (Å²) in [6.45, 7) is 1.37. The Morgan fingerprint density at radius 1 is 1.25 bits per heavy atom. The maximum absolute atomic E-state index is 6.01.